The fourth-order valence-corrected chi connectivity index (χ4v) is 4.33. The van der Waals surface area contributed by atoms with E-state index in [0.717, 1.165) is 5.82 Å². The minimum Gasteiger partial charge on any atom is -0.390 e. The molecule has 8 nitrogen and oxygen atoms in total. The van der Waals surface area contributed by atoms with Crippen molar-refractivity contribution in [3.8, 4) is 0 Å². The minimum absolute atomic E-state index is 0.0108. The van der Waals surface area contributed by atoms with Crippen molar-refractivity contribution in [2.75, 3.05) is 39.4 Å². The number of hydrogen-bond donors (Lipinski definition) is 3. The first-order valence-corrected chi connectivity index (χ1v) is 10.6. The number of aryl methyl sites for hydroxylation is 1. The number of nitrogens with one attached hydrogen (secondary N) is 1. The zero-order chi connectivity index (χ0) is 21.1. The molecule has 0 aliphatic carbocycles. The second-order valence-corrected chi connectivity index (χ2v) is 8.10. The summed E-state index contributed by atoms with van der Waals surface area (Å²) in [5.41, 5.74) is 1.36. The van der Waals surface area contributed by atoms with Gasteiger partial charge in [-0.2, -0.15) is 0 Å². The predicted molar refractivity (Wildman–Crippen MR) is 108 cm³/mol. The number of carbonyl (C=O) groups is 1. The number of aliphatic hydroxyl groups is 2. The van der Waals surface area contributed by atoms with Crippen LogP contribution in [0, 0.1) is 5.82 Å². The molecule has 0 saturated carbocycles. The van der Waals surface area contributed by atoms with Gasteiger partial charge in [0.1, 0.15) is 11.6 Å². The van der Waals surface area contributed by atoms with Crippen LogP contribution in [0.25, 0.3) is 11.0 Å². The number of imidazole rings is 1. The summed E-state index contributed by atoms with van der Waals surface area (Å²) in [5.74, 6) is 0.432. The van der Waals surface area contributed by atoms with E-state index < -0.39 is 12.2 Å². The number of nitrogens with zero attached hydrogens (tertiary/aromatic N) is 3. The summed E-state index contributed by atoms with van der Waals surface area (Å²) in [6, 6.07) is 4.14. The van der Waals surface area contributed by atoms with Gasteiger partial charge in [0.25, 0.3) is 0 Å². The zero-order valence-corrected chi connectivity index (χ0v) is 17.0. The number of ether oxygens (including phenoxy) is 1. The largest absolute Gasteiger partial charge is 0.390 e. The van der Waals surface area contributed by atoms with E-state index >= 15 is 0 Å². The van der Waals surface area contributed by atoms with E-state index in [1.54, 1.807) is 11.0 Å². The fraction of sp³-hybridized carbons (Fsp3) is 0.619. The number of amides is 1. The predicted octanol–water partition coefficient (Wildman–Crippen LogP) is 0.680. The van der Waals surface area contributed by atoms with Crippen LogP contribution in [-0.4, -0.2) is 93.5 Å². The standard InChI is InChI=1S/C21H29FN4O4/c22-14-4-5-15-16(12-14)24-19(23-15)2-1-3-20(28)26-7-6-18(27)21(29)17(13-26)25-8-10-30-11-9-25/h4-5,12,17-18,21,27,29H,1-3,6-11,13H2,(H,23,24)/t17-,18-,21+/m1/s1. The Bertz CT molecular complexity index is 870. The lowest BCUT2D eigenvalue weighted by atomic mass is 10.0. The Morgan fingerprint density at radius 3 is 2.87 bits per heavy atom. The van der Waals surface area contributed by atoms with Crippen LogP contribution in [0.5, 0.6) is 0 Å². The molecule has 9 heteroatoms. The number of hydrogen-bond acceptors (Lipinski definition) is 6. The fourth-order valence-electron chi connectivity index (χ4n) is 4.33. The molecule has 2 aromatic rings. The maximum absolute atomic E-state index is 13.3. The number of aliphatic hydroxyl groups excluding tert-OH is 2. The molecule has 2 aliphatic rings. The number of fused-ring (bicyclic) bond motifs is 1. The van der Waals surface area contributed by atoms with Crippen LogP contribution in [0.4, 0.5) is 4.39 Å². The molecule has 3 N–H and O–H groups in total. The van der Waals surface area contributed by atoms with E-state index in [0.29, 0.717) is 76.1 Å². The van der Waals surface area contributed by atoms with Gasteiger partial charge in [-0.05, 0) is 31.0 Å². The van der Waals surface area contributed by atoms with Crippen molar-refractivity contribution in [2.45, 2.75) is 43.9 Å². The van der Waals surface area contributed by atoms with Gasteiger partial charge in [-0.1, -0.05) is 0 Å². The SMILES string of the molecule is O=C(CCCc1nc2ccc(F)cc2[nH]1)N1CC[C@@H](O)[C@@H](O)[C@H](N2CCOCC2)C1. The highest BCUT2D eigenvalue weighted by atomic mass is 19.1. The van der Waals surface area contributed by atoms with E-state index in [9.17, 15) is 19.4 Å². The summed E-state index contributed by atoms with van der Waals surface area (Å²) in [5, 5.41) is 20.9. The van der Waals surface area contributed by atoms with Crippen LogP contribution in [0.2, 0.25) is 0 Å². The number of benzene rings is 1. The topological polar surface area (TPSA) is 102 Å². The van der Waals surface area contributed by atoms with Crippen LogP contribution in [0.3, 0.4) is 0 Å². The highest BCUT2D eigenvalue weighted by Gasteiger charge is 2.37. The molecule has 0 bridgehead atoms. The van der Waals surface area contributed by atoms with Crippen LogP contribution < -0.4 is 0 Å². The number of aromatic nitrogens is 2. The number of morpholine rings is 1. The molecule has 3 atom stereocenters. The molecular weight excluding hydrogens is 391 g/mol. The molecule has 0 radical (unpaired) electrons. The Labute approximate surface area is 174 Å². The van der Waals surface area contributed by atoms with Crippen molar-refractivity contribution >= 4 is 16.9 Å². The van der Waals surface area contributed by atoms with Crippen LogP contribution >= 0.6 is 0 Å². The van der Waals surface area contributed by atoms with Crippen molar-refractivity contribution in [3.63, 3.8) is 0 Å². The number of likely N-dealkylation sites (tertiary alicyclic amines) is 1. The van der Waals surface area contributed by atoms with Crippen molar-refractivity contribution in [1.82, 2.24) is 19.8 Å². The molecular formula is C21H29FN4O4. The summed E-state index contributed by atoms with van der Waals surface area (Å²) in [6.07, 6.45) is 0.207. The normalized spacial score (nSPS) is 26.1. The summed E-state index contributed by atoms with van der Waals surface area (Å²) in [7, 11) is 0. The lowest BCUT2D eigenvalue weighted by Crippen LogP contribution is -2.55. The van der Waals surface area contributed by atoms with E-state index in [1.165, 1.54) is 12.1 Å². The summed E-state index contributed by atoms with van der Waals surface area (Å²) in [4.78, 5) is 24.2. The molecule has 3 heterocycles. The van der Waals surface area contributed by atoms with Gasteiger partial charge in [-0.15, -0.1) is 0 Å². The zero-order valence-electron chi connectivity index (χ0n) is 17.0. The van der Waals surface area contributed by atoms with Gasteiger partial charge in [0.15, 0.2) is 0 Å². The van der Waals surface area contributed by atoms with Gasteiger partial charge in [0, 0.05) is 39.0 Å². The van der Waals surface area contributed by atoms with Gasteiger partial charge in [0.05, 0.1) is 42.5 Å². The smallest absolute Gasteiger partial charge is 0.222 e. The molecule has 1 amide bonds. The molecule has 2 fully saturated rings. The van der Waals surface area contributed by atoms with Crippen molar-refractivity contribution in [3.05, 3.63) is 29.8 Å². The second kappa shape index (κ2) is 9.38. The average Bonchev–Trinajstić information content (AvgIpc) is 3.08. The molecule has 164 valence electrons. The molecule has 0 spiro atoms. The number of H-pyrrole nitrogens is 1. The van der Waals surface area contributed by atoms with Crippen molar-refractivity contribution < 1.29 is 24.1 Å². The van der Waals surface area contributed by atoms with Crippen molar-refractivity contribution in [2.24, 2.45) is 0 Å². The Morgan fingerprint density at radius 1 is 1.27 bits per heavy atom. The number of aromatic amines is 1. The minimum atomic E-state index is -0.878. The summed E-state index contributed by atoms with van der Waals surface area (Å²) >= 11 is 0. The van der Waals surface area contributed by atoms with Gasteiger partial charge in [-0.3, -0.25) is 9.69 Å². The van der Waals surface area contributed by atoms with Gasteiger partial charge < -0.3 is 24.8 Å². The second-order valence-electron chi connectivity index (χ2n) is 8.10. The summed E-state index contributed by atoms with van der Waals surface area (Å²) in [6.45, 7) is 3.39. The summed E-state index contributed by atoms with van der Waals surface area (Å²) < 4.78 is 18.7. The Morgan fingerprint density at radius 2 is 2.07 bits per heavy atom. The van der Waals surface area contributed by atoms with E-state index in [-0.39, 0.29) is 17.8 Å². The lowest BCUT2D eigenvalue weighted by Gasteiger charge is -2.38. The molecule has 0 unspecified atom stereocenters. The third-order valence-electron chi connectivity index (χ3n) is 6.06. The quantitative estimate of drug-likeness (QED) is 0.658. The maximum Gasteiger partial charge on any atom is 0.222 e. The Hall–Kier alpha value is -2.07. The van der Waals surface area contributed by atoms with Crippen LogP contribution in [-0.2, 0) is 16.0 Å². The third-order valence-corrected chi connectivity index (χ3v) is 6.06. The Balaban J connectivity index is 1.34. The highest BCUT2D eigenvalue weighted by Crippen LogP contribution is 2.20. The average molecular weight is 420 g/mol. The maximum atomic E-state index is 13.3. The van der Waals surface area contributed by atoms with E-state index in [4.69, 9.17) is 4.74 Å². The van der Waals surface area contributed by atoms with Gasteiger partial charge >= 0.3 is 0 Å². The van der Waals surface area contributed by atoms with Crippen LogP contribution in [0.15, 0.2) is 18.2 Å². The first-order valence-electron chi connectivity index (χ1n) is 10.6. The first kappa shape index (κ1) is 21.2. The van der Waals surface area contributed by atoms with Crippen LogP contribution in [0.1, 0.15) is 25.1 Å². The lowest BCUT2D eigenvalue weighted by molar-refractivity contribution is -0.132. The van der Waals surface area contributed by atoms with Gasteiger partial charge in [-0.25, -0.2) is 9.37 Å². The third kappa shape index (κ3) is 4.80. The molecule has 2 aliphatic heterocycles. The number of rotatable bonds is 5. The van der Waals surface area contributed by atoms with Crippen molar-refractivity contribution in [1.29, 1.82) is 0 Å². The molecule has 1 aromatic carbocycles. The Kier molecular flexibility index (Phi) is 6.62. The monoisotopic (exact) mass is 420 g/mol. The van der Waals surface area contributed by atoms with E-state index in [2.05, 4.69) is 14.9 Å². The molecule has 30 heavy (non-hydrogen) atoms. The van der Waals surface area contributed by atoms with E-state index in [1.807, 2.05) is 0 Å². The molecule has 4 rings (SSSR count). The van der Waals surface area contributed by atoms with Gasteiger partial charge in [0.2, 0.25) is 5.91 Å². The number of halogens is 1. The number of carbonyl (C=O) groups excluding carboxylic acids is 1. The molecule has 1 aromatic heterocycles. The highest BCUT2D eigenvalue weighted by molar-refractivity contribution is 5.76. The molecule has 2 saturated heterocycles. The first-order chi connectivity index (χ1) is 14.5.